The minimum atomic E-state index is -0.529. The van der Waals surface area contributed by atoms with Gasteiger partial charge >= 0.3 is 0 Å². The summed E-state index contributed by atoms with van der Waals surface area (Å²) >= 11 is 0. The van der Waals surface area contributed by atoms with Gasteiger partial charge in [0.2, 0.25) is 0 Å². The summed E-state index contributed by atoms with van der Waals surface area (Å²) < 4.78 is 1.98. The highest BCUT2D eigenvalue weighted by molar-refractivity contribution is 5.98. The maximum atomic E-state index is 12.2. The molecule has 1 aromatic heterocycles. The SMILES string of the molecule is Cc1cccc(C(=O)NCc2nnc3n2CCC3)c1[N+](=O)[O-]. The number of hydrogen-bond acceptors (Lipinski definition) is 5. The Morgan fingerprint density at radius 3 is 3.05 bits per heavy atom. The third-order valence-electron chi connectivity index (χ3n) is 3.76. The van der Waals surface area contributed by atoms with E-state index in [0.717, 1.165) is 25.2 Å². The molecule has 0 radical (unpaired) electrons. The van der Waals surface area contributed by atoms with Crippen LogP contribution in [0.5, 0.6) is 0 Å². The summed E-state index contributed by atoms with van der Waals surface area (Å²) in [5.74, 6) is 1.12. The Balaban J connectivity index is 1.78. The summed E-state index contributed by atoms with van der Waals surface area (Å²) in [4.78, 5) is 22.8. The van der Waals surface area contributed by atoms with Crippen molar-refractivity contribution in [1.29, 1.82) is 0 Å². The molecule has 1 aliphatic rings. The van der Waals surface area contributed by atoms with Crippen LogP contribution >= 0.6 is 0 Å². The molecule has 3 rings (SSSR count). The highest BCUT2D eigenvalue weighted by Crippen LogP contribution is 2.23. The number of aromatic nitrogens is 3. The van der Waals surface area contributed by atoms with Gasteiger partial charge in [0, 0.05) is 18.5 Å². The molecule has 0 bridgehead atoms. The van der Waals surface area contributed by atoms with Gasteiger partial charge in [-0.2, -0.15) is 0 Å². The highest BCUT2D eigenvalue weighted by Gasteiger charge is 2.23. The Hall–Kier alpha value is -2.77. The molecule has 0 spiro atoms. The van der Waals surface area contributed by atoms with Gasteiger partial charge in [-0.3, -0.25) is 14.9 Å². The van der Waals surface area contributed by atoms with E-state index >= 15 is 0 Å². The molecule has 0 saturated heterocycles. The molecular formula is C14H15N5O3. The number of amides is 1. The van der Waals surface area contributed by atoms with E-state index in [1.54, 1.807) is 19.1 Å². The lowest BCUT2D eigenvalue weighted by molar-refractivity contribution is -0.385. The van der Waals surface area contributed by atoms with Crippen molar-refractivity contribution in [3.8, 4) is 0 Å². The predicted octanol–water partition coefficient (Wildman–Crippen LogP) is 1.37. The van der Waals surface area contributed by atoms with E-state index in [9.17, 15) is 14.9 Å². The number of para-hydroxylation sites is 1. The molecule has 0 atom stereocenters. The van der Waals surface area contributed by atoms with Crippen LogP contribution in [0.1, 0.15) is 34.0 Å². The number of carbonyl (C=O) groups is 1. The van der Waals surface area contributed by atoms with Gasteiger partial charge in [-0.25, -0.2) is 0 Å². The largest absolute Gasteiger partial charge is 0.345 e. The molecule has 1 amide bonds. The third kappa shape index (κ3) is 2.43. The minimum Gasteiger partial charge on any atom is -0.345 e. The number of carbonyl (C=O) groups excluding carboxylic acids is 1. The smallest absolute Gasteiger partial charge is 0.285 e. The number of rotatable bonds is 4. The second-order valence-corrected chi connectivity index (χ2v) is 5.20. The maximum Gasteiger partial charge on any atom is 0.285 e. The van der Waals surface area contributed by atoms with E-state index in [1.165, 1.54) is 6.07 Å². The zero-order valence-corrected chi connectivity index (χ0v) is 12.1. The molecule has 22 heavy (non-hydrogen) atoms. The van der Waals surface area contributed by atoms with Gasteiger partial charge in [-0.1, -0.05) is 12.1 Å². The van der Waals surface area contributed by atoms with Crippen LogP contribution in [0.3, 0.4) is 0 Å². The van der Waals surface area contributed by atoms with Crippen LogP contribution in [0.4, 0.5) is 5.69 Å². The Labute approximate surface area is 126 Å². The molecule has 0 fully saturated rings. The second kappa shape index (κ2) is 5.55. The van der Waals surface area contributed by atoms with Crippen LogP contribution in [-0.4, -0.2) is 25.6 Å². The van der Waals surface area contributed by atoms with Gasteiger partial charge < -0.3 is 9.88 Å². The fourth-order valence-corrected chi connectivity index (χ4v) is 2.68. The van der Waals surface area contributed by atoms with Gasteiger partial charge in [0.15, 0.2) is 5.82 Å². The number of aryl methyl sites for hydroxylation is 2. The molecule has 1 N–H and O–H groups in total. The number of nitrogens with one attached hydrogen (secondary N) is 1. The van der Waals surface area contributed by atoms with Crippen molar-refractivity contribution >= 4 is 11.6 Å². The number of benzene rings is 1. The number of nitrogens with zero attached hydrogens (tertiary/aromatic N) is 4. The average molecular weight is 301 g/mol. The quantitative estimate of drug-likeness (QED) is 0.678. The lowest BCUT2D eigenvalue weighted by Crippen LogP contribution is -2.25. The van der Waals surface area contributed by atoms with E-state index in [2.05, 4.69) is 15.5 Å². The molecule has 0 unspecified atom stereocenters. The summed E-state index contributed by atoms with van der Waals surface area (Å²) in [5.41, 5.74) is 0.360. The van der Waals surface area contributed by atoms with Gasteiger partial charge in [0.25, 0.3) is 11.6 Å². The predicted molar refractivity (Wildman–Crippen MR) is 77.3 cm³/mol. The monoisotopic (exact) mass is 301 g/mol. The van der Waals surface area contributed by atoms with Crippen molar-refractivity contribution in [2.75, 3.05) is 0 Å². The van der Waals surface area contributed by atoms with Crippen molar-refractivity contribution in [1.82, 2.24) is 20.1 Å². The van der Waals surface area contributed by atoms with E-state index in [0.29, 0.717) is 11.4 Å². The summed E-state index contributed by atoms with van der Waals surface area (Å²) in [6.45, 7) is 2.66. The second-order valence-electron chi connectivity index (χ2n) is 5.20. The molecule has 2 aromatic rings. The summed E-state index contributed by atoms with van der Waals surface area (Å²) in [7, 11) is 0. The van der Waals surface area contributed by atoms with Gasteiger partial charge in [-0.15, -0.1) is 10.2 Å². The maximum absolute atomic E-state index is 12.2. The Morgan fingerprint density at radius 2 is 2.27 bits per heavy atom. The van der Waals surface area contributed by atoms with Crippen LogP contribution in [0, 0.1) is 17.0 Å². The minimum absolute atomic E-state index is 0.0613. The highest BCUT2D eigenvalue weighted by atomic mass is 16.6. The van der Waals surface area contributed by atoms with Crippen LogP contribution in [0.25, 0.3) is 0 Å². The van der Waals surface area contributed by atoms with E-state index in [-0.39, 0.29) is 17.8 Å². The van der Waals surface area contributed by atoms with Crippen molar-refractivity contribution < 1.29 is 9.72 Å². The number of nitro groups is 1. The number of fused-ring (bicyclic) bond motifs is 1. The summed E-state index contributed by atoms with van der Waals surface area (Å²) in [6, 6.07) is 4.70. The van der Waals surface area contributed by atoms with Crippen molar-refractivity contribution in [3.63, 3.8) is 0 Å². The molecule has 1 aliphatic heterocycles. The van der Waals surface area contributed by atoms with E-state index in [4.69, 9.17) is 0 Å². The third-order valence-corrected chi connectivity index (χ3v) is 3.76. The van der Waals surface area contributed by atoms with Gasteiger partial charge in [-0.05, 0) is 19.4 Å². The molecular weight excluding hydrogens is 286 g/mol. The van der Waals surface area contributed by atoms with Crippen molar-refractivity contribution in [3.05, 3.63) is 51.1 Å². The molecule has 0 aliphatic carbocycles. The van der Waals surface area contributed by atoms with Crippen LogP contribution < -0.4 is 5.32 Å². The van der Waals surface area contributed by atoms with E-state index < -0.39 is 10.8 Å². The summed E-state index contributed by atoms with van der Waals surface area (Å²) in [6.07, 6.45) is 1.92. The number of nitro benzene ring substituents is 1. The van der Waals surface area contributed by atoms with Crippen molar-refractivity contribution in [2.24, 2.45) is 0 Å². The zero-order chi connectivity index (χ0) is 15.7. The lowest BCUT2D eigenvalue weighted by Gasteiger charge is -2.07. The Morgan fingerprint density at radius 1 is 1.45 bits per heavy atom. The van der Waals surface area contributed by atoms with E-state index in [1.807, 2.05) is 4.57 Å². The normalized spacial score (nSPS) is 13.0. The van der Waals surface area contributed by atoms with Crippen LogP contribution in [0.15, 0.2) is 18.2 Å². The topological polar surface area (TPSA) is 103 Å². The molecule has 114 valence electrons. The fraction of sp³-hybridized carbons (Fsp3) is 0.357. The van der Waals surface area contributed by atoms with Crippen LogP contribution in [-0.2, 0) is 19.5 Å². The first kappa shape index (κ1) is 14.2. The van der Waals surface area contributed by atoms with Crippen molar-refractivity contribution in [2.45, 2.75) is 32.9 Å². The van der Waals surface area contributed by atoms with Gasteiger partial charge in [0.1, 0.15) is 11.4 Å². The van der Waals surface area contributed by atoms with Gasteiger partial charge in [0.05, 0.1) is 11.5 Å². The molecule has 8 nitrogen and oxygen atoms in total. The molecule has 8 heteroatoms. The zero-order valence-electron chi connectivity index (χ0n) is 12.1. The molecule has 1 aromatic carbocycles. The first-order valence-electron chi connectivity index (χ1n) is 7.01. The lowest BCUT2D eigenvalue weighted by atomic mass is 10.1. The number of hydrogen-bond donors (Lipinski definition) is 1. The molecule has 0 saturated carbocycles. The standard InChI is InChI=1S/C14H15N5O3/c1-9-4-2-5-10(13(9)19(21)22)14(20)15-8-12-17-16-11-6-3-7-18(11)12/h2,4-5H,3,6-8H2,1H3,(H,15,20). The fourth-order valence-electron chi connectivity index (χ4n) is 2.68. The molecule has 2 heterocycles. The van der Waals surface area contributed by atoms with Crippen LogP contribution in [0.2, 0.25) is 0 Å². The first-order valence-corrected chi connectivity index (χ1v) is 7.01. The Bertz CT molecular complexity index is 753. The first-order chi connectivity index (χ1) is 10.6. The summed E-state index contributed by atoms with van der Waals surface area (Å²) in [5, 5.41) is 21.9. The Kier molecular flexibility index (Phi) is 3.58. The average Bonchev–Trinajstić information content (AvgIpc) is 3.07.